The van der Waals surface area contributed by atoms with E-state index in [2.05, 4.69) is 5.32 Å². The fourth-order valence-corrected chi connectivity index (χ4v) is 3.72. The molecule has 6 heteroatoms. The van der Waals surface area contributed by atoms with Crippen LogP contribution in [-0.4, -0.2) is 29.3 Å². The van der Waals surface area contributed by atoms with Crippen LogP contribution in [0.4, 0.5) is 0 Å². The molecule has 2 aromatic rings. The van der Waals surface area contributed by atoms with Crippen molar-refractivity contribution in [2.45, 2.75) is 53.1 Å². The van der Waals surface area contributed by atoms with Crippen molar-refractivity contribution < 1.29 is 9.59 Å². The van der Waals surface area contributed by atoms with Crippen molar-refractivity contribution in [2.75, 3.05) is 6.54 Å². The maximum absolute atomic E-state index is 13.4. The Labute approximate surface area is 189 Å². The molecule has 1 atom stereocenters. The molecule has 0 fully saturated rings. The fraction of sp³-hybridized carbons (Fsp3) is 0.417. The third-order valence-electron chi connectivity index (χ3n) is 5.03. The molecule has 30 heavy (non-hydrogen) atoms. The van der Waals surface area contributed by atoms with Crippen LogP contribution < -0.4 is 5.32 Å². The van der Waals surface area contributed by atoms with E-state index in [4.69, 9.17) is 23.2 Å². The summed E-state index contributed by atoms with van der Waals surface area (Å²) in [6, 6.07) is 12.4. The Kier molecular flexibility index (Phi) is 9.19. The zero-order valence-electron chi connectivity index (χ0n) is 18.0. The minimum atomic E-state index is -0.577. The lowest BCUT2D eigenvalue weighted by Crippen LogP contribution is -2.50. The van der Waals surface area contributed by atoms with Crippen LogP contribution in [0.3, 0.4) is 0 Å². The van der Waals surface area contributed by atoms with E-state index in [1.807, 2.05) is 52.0 Å². The van der Waals surface area contributed by atoms with Crippen LogP contribution in [0.25, 0.3) is 0 Å². The van der Waals surface area contributed by atoms with Gasteiger partial charge in [-0.15, -0.1) is 0 Å². The monoisotopic (exact) mass is 448 g/mol. The Morgan fingerprint density at radius 2 is 1.77 bits per heavy atom. The van der Waals surface area contributed by atoms with E-state index in [-0.39, 0.29) is 24.8 Å². The van der Waals surface area contributed by atoms with E-state index in [9.17, 15) is 9.59 Å². The molecule has 4 nitrogen and oxygen atoms in total. The highest BCUT2D eigenvalue weighted by Gasteiger charge is 2.29. The second-order valence-corrected chi connectivity index (χ2v) is 8.77. The molecule has 1 N–H and O–H groups in total. The van der Waals surface area contributed by atoms with E-state index >= 15 is 0 Å². The van der Waals surface area contributed by atoms with Crippen LogP contribution in [0.5, 0.6) is 0 Å². The highest BCUT2D eigenvalue weighted by molar-refractivity contribution is 6.35. The van der Waals surface area contributed by atoms with Crippen molar-refractivity contribution in [3.05, 3.63) is 69.2 Å². The highest BCUT2D eigenvalue weighted by atomic mass is 35.5. The summed E-state index contributed by atoms with van der Waals surface area (Å²) in [7, 11) is 0. The first-order valence-corrected chi connectivity index (χ1v) is 11.0. The second kappa shape index (κ2) is 11.4. The lowest BCUT2D eigenvalue weighted by atomic mass is 10.0. The summed E-state index contributed by atoms with van der Waals surface area (Å²) in [5.74, 6) is 0.0737. The number of halogens is 2. The molecule has 2 aromatic carbocycles. The maximum Gasteiger partial charge on any atom is 0.242 e. The lowest BCUT2D eigenvalue weighted by Gasteiger charge is -2.31. The average molecular weight is 449 g/mol. The quantitative estimate of drug-likeness (QED) is 0.556. The Morgan fingerprint density at radius 3 is 2.37 bits per heavy atom. The molecule has 0 heterocycles. The molecule has 0 saturated carbocycles. The lowest BCUT2D eigenvalue weighted by molar-refractivity contribution is -0.141. The van der Waals surface area contributed by atoms with E-state index in [0.29, 0.717) is 28.9 Å². The van der Waals surface area contributed by atoms with E-state index < -0.39 is 6.04 Å². The van der Waals surface area contributed by atoms with Crippen molar-refractivity contribution in [3.8, 4) is 0 Å². The van der Waals surface area contributed by atoms with E-state index in [1.165, 1.54) is 0 Å². The van der Waals surface area contributed by atoms with Crippen molar-refractivity contribution in [3.63, 3.8) is 0 Å². The first-order valence-electron chi connectivity index (χ1n) is 10.3. The summed E-state index contributed by atoms with van der Waals surface area (Å²) in [6.45, 7) is 8.78. The minimum absolute atomic E-state index is 0.109. The third-order valence-corrected chi connectivity index (χ3v) is 5.62. The predicted octanol–water partition coefficient (Wildman–Crippen LogP) is 5.42. The molecule has 0 aliphatic carbocycles. The number of benzene rings is 2. The van der Waals surface area contributed by atoms with Crippen LogP contribution in [0.15, 0.2) is 42.5 Å². The number of hydrogen-bond donors (Lipinski definition) is 1. The van der Waals surface area contributed by atoms with Gasteiger partial charge in [0.15, 0.2) is 0 Å². The van der Waals surface area contributed by atoms with Gasteiger partial charge in [-0.2, -0.15) is 0 Å². The Bertz CT molecular complexity index is 883. The zero-order valence-corrected chi connectivity index (χ0v) is 19.6. The number of aryl methyl sites for hydroxylation is 1. The zero-order chi connectivity index (χ0) is 22.3. The molecule has 162 valence electrons. The molecule has 0 aliphatic heterocycles. The Hall–Kier alpha value is -2.04. The van der Waals surface area contributed by atoms with Gasteiger partial charge in [-0.3, -0.25) is 9.59 Å². The highest BCUT2D eigenvalue weighted by Crippen LogP contribution is 2.24. The molecule has 0 aliphatic rings. The number of nitrogens with zero attached hydrogens (tertiary/aromatic N) is 1. The first kappa shape index (κ1) is 24.2. The van der Waals surface area contributed by atoms with Crippen LogP contribution in [0.2, 0.25) is 10.0 Å². The molecule has 0 radical (unpaired) electrons. The van der Waals surface area contributed by atoms with Gasteiger partial charge in [0.1, 0.15) is 6.04 Å². The molecule has 0 unspecified atom stereocenters. The molecular weight excluding hydrogens is 419 g/mol. The van der Waals surface area contributed by atoms with Gasteiger partial charge in [0.25, 0.3) is 0 Å². The minimum Gasteiger partial charge on any atom is -0.354 e. The van der Waals surface area contributed by atoms with Crippen molar-refractivity contribution in [1.82, 2.24) is 10.2 Å². The van der Waals surface area contributed by atoms with Gasteiger partial charge in [-0.1, -0.05) is 74.3 Å². The van der Waals surface area contributed by atoms with E-state index in [0.717, 1.165) is 16.7 Å². The number of rotatable bonds is 9. The first-order chi connectivity index (χ1) is 14.2. The van der Waals surface area contributed by atoms with Gasteiger partial charge in [0.2, 0.25) is 11.8 Å². The smallest absolute Gasteiger partial charge is 0.242 e. The average Bonchev–Trinajstić information content (AvgIpc) is 2.69. The topological polar surface area (TPSA) is 49.4 Å². The summed E-state index contributed by atoms with van der Waals surface area (Å²) < 4.78 is 0. The summed E-state index contributed by atoms with van der Waals surface area (Å²) >= 11 is 12.4. The van der Waals surface area contributed by atoms with Gasteiger partial charge in [0, 0.05) is 23.1 Å². The molecule has 0 bridgehead atoms. The van der Waals surface area contributed by atoms with Crippen LogP contribution in [0.1, 0.15) is 43.9 Å². The number of nitrogens with one attached hydrogen (secondary N) is 1. The second-order valence-electron chi connectivity index (χ2n) is 7.92. The molecule has 0 saturated heterocycles. The molecule has 2 amide bonds. The number of hydrogen-bond acceptors (Lipinski definition) is 2. The SMILES string of the molecule is CC[C@H](C(=O)NCC(C)C)N(Cc1ccc(Cl)cc1Cl)C(=O)Cc1ccccc1C. The van der Waals surface area contributed by atoms with Gasteiger partial charge >= 0.3 is 0 Å². The van der Waals surface area contributed by atoms with Crippen molar-refractivity contribution >= 4 is 35.0 Å². The Morgan fingerprint density at radius 1 is 1.07 bits per heavy atom. The summed E-state index contributed by atoms with van der Waals surface area (Å²) in [4.78, 5) is 27.9. The van der Waals surface area contributed by atoms with Gasteiger partial charge in [-0.05, 0) is 48.1 Å². The number of amides is 2. The Balaban J connectivity index is 2.33. The molecular formula is C24H30Cl2N2O2. The maximum atomic E-state index is 13.4. The van der Waals surface area contributed by atoms with Crippen molar-refractivity contribution in [1.29, 1.82) is 0 Å². The van der Waals surface area contributed by atoms with Gasteiger partial charge < -0.3 is 10.2 Å². The molecule has 0 aromatic heterocycles. The molecule has 2 rings (SSSR count). The fourth-order valence-electron chi connectivity index (χ4n) is 3.25. The van der Waals surface area contributed by atoms with E-state index in [1.54, 1.807) is 23.1 Å². The van der Waals surface area contributed by atoms with Crippen LogP contribution in [0, 0.1) is 12.8 Å². The van der Waals surface area contributed by atoms with Gasteiger partial charge in [0.05, 0.1) is 6.42 Å². The predicted molar refractivity (Wildman–Crippen MR) is 124 cm³/mol. The molecule has 0 spiro atoms. The standard InChI is InChI=1S/C24H30Cl2N2O2/c1-5-22(24(30)27-14-16(2)3)28(15-19-10-11-20(25)13-21(19)26)23(29)12-18-9-7-6-8-17(18)4/h6-11,13,16,22H,5,12,14-15H2,1-4H3,(H,27,30)/t22-/m1/s1. The summed E-state index contributed by atoms with van der Waals surface area (Å²) in [5.41, 5.74) is 2.76. The summed E-state index contributed by atoms with van der Waals surface area (Å²) in [6.07, 6.45) is 0.737. The third kappa shape index (κ3) is 6.75. The van der Waals surface area contributed by atoms with Gasteiger partial charge in [-0.25, -0.2) is 0 Å². The largest absolute Gasteiger partial charge is 0.354 e. The summed E-state index contributed by atoms with van der Waals surface area (Å²) in [5, 5.41) is 3.98. The van der Waals surface area contributed by atoms with Crippen LogP contribution in [-0.2, 0) is 22.6 Å². The normalized spacial score (nSPS) is 12.0. The van der Waals surface area contributed by atoms with Crippen LogP contribution >= 0.6 is 23.2 Å². The number of carbonyl (C=O) groups is 2. The number of carbonyl (C=O) groups excluding carboxylic acids is 2. The van der Waals surface area contributed by atoms with Crippen molar-refractivity contribution in [2.24, 2.45) is 5.92 Å².